The second kappa shape index (κ2) is 6.60. The van der Waals surface area contributed by atoms with Crippen molar-refractivity contribution in [1.82, 2.24) is 9.97 Å². The summed E-state index contributed by atoms with van der Waals surface area (Å²) in [5.74, 6) is -2.71. The number of halogens is 3. The Hall–Kier alpha value is -3.62. The van der Waals surface area contributed by atoms with Gasteiger partial charge in [0.2, 0.25) is 0 Å². The number of hydrogen-bond acceptors (Lipinski definition) is 5. The van der Waals surface area contributed by atoms with Gasteiger partial charge in [-0.3, -0.25) is 4.98 Å². The fourth-order valence-corrected chi connectivity index (χ4v) is 2.69. The second-order valence-corrected chi connectivity index (χ2v) is 5.48. The van der Waals surface area contributed by atoms with E-state index in [1.54, 1.807) is 6.20 Å². The molecule has 2 aromatic heterocycles. The largest absolute Gasteiger partial charge is 0.515 e. The number of aliphatic hydroxyl groups is 1. The Morgan fingerprint density at radius 1 is 1.07 bits per heavy atom. The molecule has 0 radical (unpaired) electrons. The van der Waals surface area contributed by atoms with Gasteiger partial charge in [0.25, 0.3) is 0 Å². The van der Waals surface area contributed by atoms with E-state index in [1.807, 2.05) is 30.3 Å². The zero-order chi connectivity index (χ0) is 19.8. The number of para-hydroxylation sites is 1. The summed E-state index contributed by atoms with van der Waals surface area (Å²) in [6.07, 6.45) is -2.45. The van der Waals surface area contributed by atoms with Crippen molar-refractivity contribution < 1.29 is 33.3 Å². The minimum absolute atomic E-state index is 0.0421. The van der Waals surface area contributed by atoms with Crippen LogP contribution in [0.5, 0.6) is 5.75 Å². The fourth-order valence-electron chi connectivity index (χ4n) is 2.69. The number of aliphatic carboxylic acids is 1. The number of carbonyl (C=O) groups is 1. The maximum absolute atomic E-state index is 10.6. The molecule has 0 aliphatic carbocycles. The summed E-state index contributed by atoms with van der Waals surface area (Å²) < 4.78 is 31.7. The van der Waals surface area contributed by atoms with E-state index in [1.165, 1.54) is 6.07 Å². The lowest BCUT2D eigenvalue weighted by Crippen LogP contribution is -2.21. The van der Waals surface area contributed by atoms with Crippen LogP contribution in [0.4, 0.5) is 13.2 Å². The maximum atomic E-state index is 10.6. The molecule has 0 unspecified atom stereocenters. The Morgan fingerprint density at radius 2 is 1.74 bits per heavy atom. The van der Waals surface area contributed by atoms with Crippen molar-refractivity contribution >= 4 is 44.9 Å². The number of phenolic OH excluding ortho intramolecular Hbond substituents is 1. The van der Waals surface area contributed by atoms with Crippen molar-refractivity contribution in [3.8, 4) is 5.75 Å². The molecule has 27 heavy (non-hydrogen) atoms. The number of carboxylic acids is 1. The van der Waals surface area contributed by atoms with Gasteiger partial charge in [0, 0.05) is 22.2 Å². The van der Waals surface area contributed by atoms with E-state index in [0.29, 0.717) is 16.3 Å². The molecule has 0 fully saturated rings. The molecule has 3 N–H and O–H groups in total. The first-order valence-electron chi connectivity index (χ1n) is 7.47. The minimum atomic E-state index is -5.08. The molecule has 6 nitrogen and oxygen atoms in total. The summed E-state index contributed by atoms with van der Waals surface area (Å²) in [5, 5.41) is 29.8. The lowest BCUT2D eigenvalue weighted by Gasteiger charge is -2.09. The monoisotopic (exact) mass is 376 g/mol. The quantitative estimate of drug-likeness (QED) is 0.321. The van der Waals surface area contributed by atoms with Gasteiger partial charge in [-0.1, -0.05) is 18.2 Å². The third kappa shape index (κ3) is 3.26. The van der Waals surface area contributed by atoms with Gasteiger partial charge in [-0.2, -0.15) is 13.2 Å². The van der Waals surface area contributed by atoms with Crippen molar-refractivity contribution in [2.45, 2.75) is 6.18 Å². The number of carboxylic acid groups (broad SMARTS) is 1. The van der Waals surface area contributed by atoms with E-state index >= 15 is 0 Å². The Kier molecular flexibility index (Phi) is 4.44. The predicted molar refractivity (Wildman–Crippen MR) is 92.2 cm³/mol. The fraction of sp³-hybridized carbons (Fsp3) is 0.0556. The summed E-state index contributed by atoms with van der Waals surface area (Å²) in [6.45, 7) is 0. The number of hydrogen-bond donors (Lipinski definition) is 3. The molecule has 138 valence electrons. The topological polar surface area (TPSA) is 104 Å². The van der Waals surface area contributed by atoms with Crippen molar-refractivity contribution in [2.24, 2.45) is 0 Å². The Labute approximate surface area is 148 Å². The number of phenols is 1. The molecule has 0 saturated carbocycles. The third-order valence-electron chi connectivity index (χ3n) is 3.80. The van der Waals surface area contributed by atoms with Crippen molar-refractivity contribution in [3.63, 3.8) is 0 Å². The van der Waals surface area contributed by atoms with Gasteiger partial charge in [0.1, 0.15) is 11.3 Å². The van der Waals surface area contributed by atoms with Gasteiger partial charge in [0.15, 0.2) is 0 Å². The maximum Gasteiger partial charge on any atom is 0.490 e. The van der Waals surface area contributed by atoms with Crippen molar-refractivity contribution in [2.75, 3.05) is 0 Å². The van der Waals surface area contributed by atoms with Crippen LogP contribution in [0.2, 0.25) is 0 Å². The van der Waals surface area contributed by atoms with Gasteiger partial charge < -0.3 is 15.3 Å². The lowest BCUT2D eigenvalue weighted by molar-refractivity contribution is -0.192. The van der Waals surface area contributed by atoms with Gasteiger partial charge in [-0.25, -0.2) is 9.78 Å². The summed E-state index contributed by atoms with van der Waals surface area (Å²) in [4.78, 5) is 17.7. The lowest BCUT2D eigenvalue weighted by atomic mass is 10.0. The molecule has 0 amide bonds. The highest BCUT2D eigenvalue weighted by Crippen LogP contribution is 2.32. The van der Waals surface area contributed by atoms with E-state index in [0.717, 1.165) is 27.9 Å². The molecule has 2 heterocycles. The highest BCUT2D eigenvalue weighted by Gasteiger charge is 2.38. The normalized spacial score (nSPS) is 12.3. The van der Waals surface area contributed by atoms with Crippen LogP contribution in [-0.2, 0) is 4.79 Å². The molecule has 0 aliphatic rings. The van der Waals surface area contributed by atoms with E-state index in [4.69, 9.17) is 9.90 Å². The number of aromatic nitrogens is 2. The van der Waals surface area contributed by atoms with Crippen LogP contribution in [-0.4, -0.2) is 37.4 Å². The molecule has 0 bridgehead atoms. The van der Waals surface area contributed by atoms with Crippen LogP contribution in [0.1, 0.15) is 0 Å². The van der Waals surface area contributed by atoms with Crippen LogP contribution < -0.4 is 5.22 Å². The third-order valence-corrected chi connectivity index (χ3v) is 3.80. The number of nitrogens with zero attached hydrogens (tertiary/aromatic N) is 2. The van der Waals surface area contributed by atoms with Gasteiger partial charge in [-0.15, -0.1) is 0 Å². The van der Waals surface area contributed by atoms with Crippen molar-refractivity contribution in [1.29, 1.82) is 0 Å². The Bertz CT molecular complexity index is 1220. The summed E-state index contributed by atoms with van der Waals surface area (Å²) in [5.41, 5.74) is 1.99. The summed E-state index contributed by atoms with van der Waals surface area (Å²) in [7, 11) is 0. The molecule has 4 aromatic rings. The van der Waals surface area contributed by atoms with Crippen LogP contribution in [0, 0.1) is 0 Å². The smallest absolute Gasteiger partial charge is 0.490 e. The highest BCUT2D eigenvalue weighted by molar-refractivity contribution is 6.18. The molecular weight excluding hydrogens is 365 g/mol. The number of rotatable bonds is 0. The van der Waals surface area contributed by atoms with Gasteiger partial charge in [0.05, 0.1) is 17.3 Å². The zero-order valence-corrected chi connectivity index (χ0v) is 13.4. The summed E-state index contributed by atoms with van der Waals surface area (Å²) in [6, 6.07) is 11.2. The first-order valence-corrected chi connectivity index (χ1v) is 7.47. The molecule has 4 rings (SSSR count). The van der Waals surface area contributed by atoms with Gasteiger partial charge in [-0.05, 0) is 23.6 Å². The van der Waals surface area contributed by atoms with E-state index in [9.17, 15) is 23.4 Å². The predicted octanol–water partition coefficient (Wildman–Crippen LogP) is 3.29. The molecular formula is C18H11F3N2O4. The average Bonchev–Trinajstić information content (AvgIpc) is 2.64. The second-order valence-electron chi connectivity index (χ2n) is 5.48. The standard InChI is InChI=1S/C16H10N2O2.C2HF3O2/c19-8-9-7-13(20)16-14-11(5-6-17-16)10-3-1-2-4-12(10)18-15(9)14;3-2(4,5)1(6)7/h1-8,19-20H;(H,6,7). The first kappa shape index (κ1) is 18.2. The highest BCUT2D eigenvalue weighted by atomic mass is 19.4. The number of alkyl halides is 3. The number of aliphatic hydroxyl groups excluding tert-OH is 1. The van der Waals surface area contributed by atoms with Crippen LogP contribution in [0.25, 0.3) is 39.0 Å². The average molecular weight is 376 g/mol. The van der Waals surface area contributed by atoms with E-state index < -0.39 is 12.1 Å². The van der Waals surface area contributed by atoms with Crippen LogP contribution in [0.3, 0.4) is 0 Å². The Morgan fingerprint density at radius 3 is 2.37 bits per heavy atom. The number of fused-ring (bicyclic) bond motifs is 2. The van der Waals surface area contributed by atoms with Crippen LogP contribution >= 0.6 is 0 Å². The summed E-state index contributed by atoms with van der Waals surface area (Å²) >= 11 is 0. The number of benzene rings is 2. The van der Waals surface area contributed by atoms with Crippen molar-refractivity contribution in [3.05, 3.63) is 47.8 Å². The minimum Gasteiger partial charge on any atom is -0.515 e. The number of aromatic hydroxyl groups is 1. The Balaban J connectivity index is 0.000000260. The van der Waals surface area contributed by atoms with E-state index in [-0.39, 0.29) is 5.75 Å². The molecule has 0 aliphatic heterocycles. The molecule has 2 aromatic carbocycles. The van der Waals surface area contributed by atoms with Gasteiger partial charge >= 0.3 is 12.1 Å². The molecule has 9 heteroatoms. The number of pyridine rings is 2. The van der Waals surface area contributed by atoms with E-state index in [2.05, 4.69) is 9.97 Å². The zero-order valence-electron chi connectivity index (χ0n) is 13.4. The first-order chi connectivity index (χ1) is 12.7. The molecule has 0 spiro atoms. The SMILES string of the molecule is O=C(O)C(F)(F)F.OC=c1cc(O)c2nccc3c4ccccc4nc1c23. The molecule has 0 atom stereocenters. The molecule has 0 saturated heterocycles. The van der Waals surface area contributed by atoms with Crippen LogP contribution in [0.15, 0.2) is 42.6 Å².